The van der Waals surface area contributed by atoms with Crippen molar-refractivity contribution in [3.63, 3.8) is 0 Å². The molecule has 0 spiro atoms. The second kappa shape index (κ2) is 11.6. The third-order valence-corrected chi connectivity index (χ3v) is 6.56. The molecule has 0 radical (unpaired) electrons. The predicted octanol–water partition coefficient (Wildman–Crippen LogP) is 2.62. The molecule has 2 aliphatic heterocycles. The monoisotopic (exact) mass is 468 g/mol. The lowest BCUT2D eigenvalue weighted by Gasteiger charge is -2.34. The van der Waals surface area contributed by atoms with Gasteiger partial charge < -0.3 is 15.4 Å². The molecule has 0 saturated carbocycles. The summed E-state index contributed by atoms with van der Waals surface area (Å²) in [4.78, 5) is 31.3. The number of nitrogens with zero attached hydrogens (tertiary/aromatic N) is 3. The number of Topliss-reactive ketones (excluding diaryl/α,β-unsaturated/α-hetero) is 1. The molecule has 7 nitrogen and oxygen atoms in total. The Bertz CT molecular complexity index is 979. The number of halogens is 1. The minimum atomic E-state index is -0.568. The maximum Gasteiger partial charge on any atom is 0.253 e. The third kappa shape index (κ3) is 6.20. The van der Waals surface area contributed by atoms with Gasteiger partial charge in [0.1, 0.15) is 11.6 Å². The summed E-state index contributed by atoms with van der Waals surface area (Å²) in [5.41, 5.74) is 6.76. The number of ketones is 1. The fraction of sp³-hybridized carbons (Fsp3) is 0.462. The Balaban J connectivity index is 1.21. The van der Waals surface area contributed by atoms with Crippen molar-refractivity contribution < 1.29 is 18.7 Å². The van der Waals surface area contributed by atoms with Gasteiger partial charge in [-0.3, -0.25) is 19.4 Å². The second-order valence-electron chi connectivity index (χ2n) is 8.95. The van der Waals surface area contributed by atoms with Crippen LogP contribution in [-0.4, -0.2) is 85.0 Å². The number of ether oxygens (including phenoxy) is 1. The van der Waals surface area contributed by atoms with Gasteiger partial charge in [-0.15, -0.1) is 0 Å². The number of benzene rings is 2. The van der Waals surface area contributed by atoms with Crippen molar-refractivity contribution in [3.05, 3.63) is 65.5 Å². The molecule has 0 aromatic heterocycles. The number of carbonyl (C=O) groups is 2. The minimum absolute atomic E-state index is 0.00325. The quantitative estimate of drug-likeness (QED) is 0.450. The Morgan fingerprint density at radius 2 is 1.79 bits per heavy atom. The van der Waals surface area contributed by atoms with Gasteiger partial charge in [0.2, 0.25) is 0 Å². The van der Waals surface area contributed by atoms with Crippen molar-refractivity contribution in [2.75, 3.05) is 52.4 Å². The van der Waals surface area contributed by atoms with Gasteiger partial charge in [-0.1, -0.05) is 18.2 Å². The summed E-state index contributed by atoms with van der Waals surface area (Å²) in [5.74, 6) is -0.416. The summed E-state index contributed by atoms with van der Waals surface area (Å²) in [5, 5.41) is 0. The Morgan fingerprint density at radius 3 is 2.47 bits per heavy atom. The van der Waals surface area contributed by atoms with Gasteiger partial charge >= 0.3 is 0 Å². The molecule has 1 atom stereocenters. The molecule has 182 valence electrons. The summed E-state index contributed by atoms with van der Waals surface area (Å²) in [6.07, 6.45) is 3.11. The second-order valence-corrected chi connectivity index (χ2v) is 8.95. The topological polar surface area (TPSA) is 79.1 Å². The average molecular weight is 469 g/mol. The molecule has 2 aliphatic rings. The van der Waals surface area contributed by atoms with E-state index in [1.165, 1.54) is 12.1 Å². The first-order valence-corrected chi connectivity index (χ1v) is 12.0. The zero-order valence-corrected chi connectivity index (χ0v) is 19.5. The fourth-order valence-electron chi connectivity index (χ4n) is 4.56. The molecule has 2 heterocycles. The van der Waals surface area contributed by atoms with E-state index in [9.17, 15) is 14.0 Å². The lowest BCUT2D eigenvalue weighted by atomic mass is 10.1. The molecule has 2 aromatic rings. The van der Waals surface area contributed by atoms with Crippen LogP contribution in [0.4, 0.5) is 4.39 Å². The zero-order chi connectivity index (χ0) is 23.9. The van der Waals surface area contributed by atoms with Crippen LogP contribution in [0.1, 0.15) is 40.0 Å². The lowest BCUT2D eigenvalue weighted by Crippen LogP contribution is -2.49. The van der Waals surface area contributed by atoms with Gasteiger partial charge in [0, 0.05) is 44.4 Å². The molecule has 2 fully saturated rings. The highest BCUT2D eigenvalue weighted by Crippen LogP contribution is 2.19. The average Bonchev–Trinajstić information content (AvgIpc) is 3.27. The molecule has 8 heteroatoms. The van der Waals surface area contributed by atoms with Crippen LogP contribution in [0.5, 0.6) is 5.75 Å². The molecule has 0 aliphatic carbocycles. The Hall–Kier alpha value is -2.81. The van der Waals surface area contributed by atoms with Gasteiger partial charge in [0.05, 0.1) is 24.9 Å². The number of carbonyl (C=O) groups excluding carboxylic acids is 2. The molecule has 1 unspecified atom stereocenters. The van der Waals surface area contributed by atoms with E-state index in [1.807, 2.05) is 23.1 Å². The smallest absolute Gasteiger partial charge is 0.253 e. The molecule has 1 amide bonds. The van der Waals surface area contributed by atoms with E-state index < -0.39 is 5.82 Å². The van der Waals surface area contributed by atoms with Crippen LogP contribution in [0.2, 0.25) is 0 Å². The summed E-state index contributed by atoms with van der Waals surface area (Å²) in [6, 6.07) is 13.6. The van der Waals surface area contributed by atoms with Crippen molar-refractivity contribution in [2.45, 2.75) is 25.4 Å². The van der Waals surface area contributed by atoms with Gasteiger partial charge in [0.15, 0.2) is 5.78 Å². The number of nitrogens with two attached hydrogens (primary N) is 1. The normalized spacial score (nSPS) is 19.4. The molecular formula is C26H33FN4O3. The number of likely N-dealkylation sites (tertiary alicyclic amines) is 1. The van der Waals surface area contributed by atoms with Crippen LogP contribution in [-0.2, 0) is 0 Å². The van der Waals surface area contributed by atoms with Crippen molar-refractivity contribution >= 4 is 11.7 Å². The first kappa shape index (κ1) is 24.3. The van der Waals surface area contributed by atoms with Crippen molar-refractivity contribution in [1.82, 2.24) is 14.7 Å². The summed E-state index contributed by atoms with van der Waals surface area (Å²) < 4.78 is 20.3. The number of hydrogen-bond donors (Lipinski definition) is 1. The maximum atomic E-state index is 14.6. The Labute approximate surface area is 200 Å². The van der Waals surface area contributed by atoms with Gasteiger partial charge in [-0.2, -0.15) is 0 Å². The van der Waals surface area contributed by atoms with E-state index in [0.29, 0.717) is 44.1 Å². The van der Waals surface area contributed by atoms with Gasteiger partial charge in [-0.25, -0.2) is 4.39 Å². The molecular weight excluding hydrogens is 435 g/mol. The van der Waals surface area contributed by atoms with E-state index in [0.717, 1.165) is 32.4 Å². The number of piperazine rings is 1. The molecule has 2 saturated heterocycles. The van der Waals surface area contributed by atoms with Crippen LogP contribution < -0.4 is 10.5 Å². The Kier molecular flexibility index (Phi) is 8.26. The van der Waals surface area contributed by atoms with Gasteiger partial charge in [0.25, 0.3) is 5.91 Å². The van der Waals surface area contributed by atoms with Crippen LogP contribution >= 0.6 is 0 Å². The van der Waals surface area contributed by atoms with E-state index in [1.54, 1.807) is 23.1 Å². The van der Waals surface area contributed by atoms with E-state index in [-0.39, 0.29) is 30.0 Å². The van der Waals surface area contributed by atoms with Crippen LogP contribution in [0.3, 0.4) is 0 Å². The van der Waals surface area contributed by atoms with Gasteiger partial charge in [-0.05, 0) is 50.1 Å². The van der Waals surface area contributed by atoms with Crippen LogP contribution in [0.25, 0.3) is 0 Å². The summed E-state index contributed by atoms with van der Waals surface area (Å²) in [7, 11) is 0. The standard InChI is InChI=1S/C26H33FN4O3/c27-23-18-21(34-17-5-12-30-11-4-8-25(30)28)9-10-22(23)24(32)19-29-13-15-31(16-14-29)26(33)20-6-2-1-3-7-20/h1-3,6-7,9-10,18,25H,4-5,8,11-17,19,28H2. The maximum absolute atomic E-state index is 14.6. The Morgan fingerprint density at radius 1 is 1.03 bits per heavy atom. The fourth-order valence-corrected chi connectivity index (χ4v) is 4.56. The summed E-state index contributed by atoms with van der Waals surface area (Å²) >= 11 is 0. The van der Waals surface area contributed by atoms with E-state index in [4.69, 9.17) is 10.5 Å². The largest absolute Gasteiger partial charge is 0.493 e. The number of hydrogen-bond acceptors (Lipinski definition) is 6. The first-order chi connectivity index (χ1) is 16.5. The lowest BCUT2D eigenvalue weighted by molar-refractivity contribution is 0.0624. The third-order valence-electron chi connectivity index (χ3n) is 6.56. The minimum Gasteiger partial charge on any atom is -0.493 e. The highest BCUT2D eigenvalue weighted by atomic mass is 19.1. The highest BCUT2D eigenvalue weighted by Gasteiger charge is 2.24. The van der Waals surface area contributed by atoms with E-state index >= 15 is 0 Å². The molecule has 4 rings (SSSR count). The van der Waals surface area contributed by atoms with Crippen molar-refractivity contribution in [2.24, 2.45) is 5.73 Å². The summed E-state index contributed by atoms with van der Waals surface area (Å²) in [6.45, 7) is 4.72. The molecule has 2 N–H and O–H groups in total. The highest BCUT2D eigenvalue weighted by molar-refractivity contribution is 5.98. The SMILES string of the molecule is NC1CCCN1CCCOc1ccc(C(=O)CN2CCN(C(=O)c3ccccc3)CC2)c(F)c1. The molecule has 34 heavy (non-hydrogen) atoms. The van der Waals surface area contributed by atoms with E-state index in [2.05, 4.69) is 4.90 Å². The predicted molar refractivity (Wildman–Crippen MR) is 128 cm³/mol. The zero-order valence-electron chi connectivity index (χ0n) is 19.5. The molecule has 2 aromatic carbocycles. The van der Waals surface area contributed by atoms with Crippen LogP contribution in [0.15, 0.2) is 48.5 Å². The van der Waals surface area contributed by atoms with Crippen molar-refractivity contribution in [3.8, 4) is 5.75 Å². The van der Waals surface area contributed by atoms with Crippen molar-refractivity contribution in [1.29, 1.82) is 0 Å². The first-order valence-electron chi connectivity index (χ1n) is 12.0. The number of amides is 1. The molecule has 0 bridgehead atoms. The van der Waals surface area contributed by atoms with Crippen LogP contribution in [0, 0.1) is 5.82 Å². The number of rotatable bonds is 9.